The van der Waals surface area contributed by atoms with E-state index in [2.05, 4.69) is 32.5 Å². The van der Waals surface area contributed by atoms with Crippen molar-refractivity contribution in [2.45, 2.75) is 19.0 Å². The SMILES string of the molecule is O=C1C[C@H](c2ccccc2)N(Cc2nc(-c3cccs3)no2)CCN1. The molecule has 1 aliphatic heterocycles. The van der Waals surface area contributed by atoms with E-state index in [0.29, 0.717) is 31.2 Å². The van der Waals surface area contributed by atoms with Crippen LogP contribution in [-0.4, -0.2) is 34.0 Å². The van der Waals surface area contributed by atoms with Crippen molar-refractivity contribution in [3.05, 3.63) is 59.3 Å². The summed E-state index contributed by atoms with van der Waals surface area (Å²) in [5.74, 6) is 1.25. The van der Waals surface area contributed by atoms with Crippen molar-refractivity contribution in [2.24, 2.45) is 0 Å². The van der Waals surface area contributed by atoms with E-state index in [1.165, 1.54) is 0 Å². The highest BCUT2D eigenvalue weighted by Crippen LogP contribution is 2.28. The molecule has 4 rings (SSSR count). The third kappa shape index (κ3) is 3.62. The highest BCUT2D eigenvalue weighted by atomic mass is 32.1. The van der Waals surface area contributed by atoms with Crippen molar-refractivity contribution in [1.82, 2.24) is 20.4 Å². The zero-order valence-corrected chi connectivity index (χ0v) is 14.4. The van der Waals surface area contributed by atoms with Gasteiger partial charge in [-0.2, -0.15) is 4.98 Å². The standard InChI is InChI=1S/C18H18N4O2S/c23-16-11-14(13-5-2-1-3-6-13)22(9-8-19-16)12-17-20-18(21-24-17)15-7-4-10-25-15/h1-7,10,14H,8-9,11-12H2,(H,19,23)/t14-/m1/s1. The van der Waals surface area contributed by atoms with E-state index in [4.69, 9.17) is 4.52 Å². The molecule has 1 aromatic carbocycles. The Balaban J connectivity index is 1.57. The lowest BCUT2D eigenvalue weighted by atomic mass is 10.0. The normalized spacial score (nSPS) is 18.7. The Morgan fingerprint density at radius 3 is 2.92 bits per heavy atom. The van der Waals surface area contributed by atoms with Gasteiger partial charge in [-0.25, -0.2) is 0 Å². The van der Waals surface area contributed by atoms with Gasteiger partial charge in [0.25, 0.3) is 0 Å². The average molecular weight is 354 g/mol. The Kier molecular flexibility index (Phi) is 4.58. The van der Waals surface area contributed by atoms with Crippen LogP contribution in [0, 0.1) is 0 Å². The van der Waals surface area contributed by atoms with E-state index in [-0.39, 0.29) is 11.9 Å². The fourth-order valence-electron chi connectivity index (χ4n) is 3.06. The number of nitrogens with zero attached hydrogens (tertiary/aromatic N) is 3. The fraction of sp³-hybridized carbons (Fsp3) is 0.278. The molecule has 1 amide bonds. The minimum atomic E-state index is 0.000729. The highest BCUT2D eigenvalue weighted by molar-refractivity contribution is 7.13. The zero-order valence-electron chi connectivity index (χ0n) is 13.6. The van der Waals surface area contributed by atoms with Crippen molar-refractivity contribution in [3.63, 3.8) is 0 Å². The number of aromatic nitrogens is 2. The largest absolute Gasteiger partial charge is 0.355 e. The van der Waals surface area contributed by atoms with Gasteiger partial charge in [0.15, 0.2) is 0 Å². The minimum absolute atomic E-state index is 0.000729. The second kappa shape index (κ2) is 7.16. The predicted molar refractivity (Wildman–Crippen MR) is 94.8 cm³/mol. The second-order valence-corrected chi connectivity index (χ2v) is 6.89. The number of hydrogen-bond donors (Lipinski definition) is 1. The molecule has 0 saturated carbocycles. The van der Waals surface area contributed by atoms with Gasteiger partial charge in [0.05, 0.1) is 11.4 Å². The smallest absolute Gasteiger partial charge is 0.241 e. The van der Waals surface area contributed by atoms with Crippen molar-refractivity contribution < 1.29 is 9.32 Å². The van der Waals surface area contributed by atoms with E-state index in [9.17, 15) is 4.79 Å². The van der Waals surface area contributed by atoms with Gasteiger partial charge in [-0.05, 0) is 17.0 Å². The first-order chi connectivity index (χ1) is 12.3. The summed E-state index contributed by atoms with van der Waals surface area (Å²) < 4.78 is 5.44. The number of benzene rings is 1. The molecule has 0 radical (unpaired) electrons. The molecule has 0 bridgehead atoms. The molecule has 25 heavy (non-hydrogen) atoms. The number of carbonyl (C=O) groups excluding carboxylic acids is 1. The molecule has 6 nitrogen and oxygen atoms in total. The Morgan fingerprint density at radius 2 is 2.12 bits per heavy atom. The number of thiophene rings is 1. The molecule has 0 spiro atoms. The third-order valence-electron chi connectivity index (χ3n) is 4.27. The molecule has 7 heteroatoms. The van der Waals surface area contributed by atoms with Gasteiger partial charge >= 0.3 is 0 Å². The monoisotopic (exact) mass is 354 g/mol. The van der Waals surface area contributed by atoms with E-state index < -0.39 is 0 Å². The molecule has 2 aromatic heterocycles. The second-order valence-electron chi connectivity index (χ2n) is 5.94. The Hall–Kier alpha value is -2.51. The van der Waals surface area contributed by atoms with Crippen LogP contribution in [0.5, 0.6) is 0 Å². The van der Waals surface area contributed by atoms with E-state index in [1.54, 1.807) is 11.3 Å². The molecule has 1 saturated heterocycles. The van der Waals surface area contributed by atoms with E-state index >= 15 is 0 Å². The van der Waals surface area contributed by atoms with E-state index in [1.807, 2.05) is 35.7 Å². The number of amides is 1. The van der Waals surface area contributed by atoms with Gasteiger partial charge in [0.2, 0.25) is 17.6 Å². The van der Waals surface area contributed by atoms with Gasteiger partial charge in [-0.15, -0.1) is 11.3 Å². The van der Waals surface area contributed by atoms with Crippen LogP contribution in [0.1, 0.15) is 23.9 Å². The van der Waals surface area contributed by atoms with Gasteiger partial charge in [-0.1, -0.05) is 41.6 Å². The van der Waals surface area contributed by atoms with Gasteiger partial charge in [0, 0.05) is 25.6 Å². The van der Waals surface area contributed by atoms with Crippen LogP contribution in [-0.2, 0) is 11.3 Å². The zero-order chi connectivity index (χ0) is 17.1. The summed E-state index contributed by atoms with van der Waals surface area (Å²) in [5.41, 5.74) is 1.12. The fourth-order valence-corrected chi connectivity index (χ4v) is 3.71. The lowest BCUT2D eigenvalue weighted by Crippen LogP contribution is -2.30. The van der Waals surface area contributed by atoms with Crippen molar-refractivity contribution in [1.29, 1.82) is 0 Å². The lowest BCUT2D eigenvalue weighted by Gasteiger charge is -2.27. The van der Waals surface area contributed by atoms with Gasteiger partial charge in [0.1, 0.15) is 0 Å². The van der Waals surface area contributed by atoms with Crippen LogP contribution in [0.15, 0.2) is 52.4 Å². The number of hydrogen-bond acceptors (Lipinski definition) is 6. The molecule has 3 heterocycles. The van der Waals surface area contributed by atoms with Crippen molar-refractivity contribution in [3.8, 4) is 10.7 Å². The summed E-state index contributed by atoms with van der Waals surface area (Å²) in [5, 5.41) is 9.01. The molecular formula is C18H18N4O2S. The van der Waals surface area contributed by atoms with Crippen LogP contribution >= 0.6 is 11.3 Å². The minimum Gasteiger partial charge on any atom is -0.355 e. The first kappa shape index (κ1) is 16.0. The first-order valence-corrected chi connectivity index (χ1v) is 9.10. The molecule has 1 fully saturated rings. The maximum Gasteiger partial charge on any atom is 0.241 e. The van der Waals surface area contributed by atoms with Crippen molar-refractivity contribution in [2.75, 3.05) is 13.1 Å². The highest BCUT2D eigenvalue weighted by Gasteiger charge is 2.27. The van der Waals surface area contributed by atoms with E-state index in [0.717, 1.165) is 17.0 Å². The Morgan fingerprint density at radius 1 is 1.24 bits per heavy atom. The summed E-state index contributed by atoms with van der Waals surface area (Å²) in [6.07, 6.45) is 0.427. The summed E-state index contributed by atoms with van der Waals surface area (Å²) >= 11 is 1.58. The number of carbonyl (C=O) groups is 1. The first-order valence-electron chi connectivity index (χ1n) is 8.22. The summed E-state index contributed by atoms with van der Waals surface area (Å²) in [6.45, 7) is 1.88. The Bertz CT molecular complexity index is 832. The predicted octanol–water partition coefficient (Wildman–Crippen LogP) is 2.86. The topological polar surface area (TPSA) is 71.3 Å². The molecule has 1 aliphatic rings. The summed E-state index contributed by atoms with van der Waals surface area (Å²) in [6, 6.07) is 14.0. The van der Waals surface area contributed by atoms with Crippen LogP contribution in [0.3, 0.4) is 0 Å². The van der Waals surface area contributed by atoms with Crippen LogP contribution in [0.25, 0.3) is 10.7 Å². The van der Waals surface area contributed by atoms with Crippen molar-refractivity contribution >= 4 is 17.2 Å². The van der Waals surface area contributed by atoms with Gasteiger partial charge < -0.3 is 9.84 Å². The maximum atomic E-state index is 12.0. The molecule has 1 N–H and O–H groups in total. The average Bonchev–Trinajstić information content (AvgIpc) is 3.28. The number of rotatable bonds is 4. The van der Waals surface area contributed by atoms with Gasteiger partial charge in [-0.3, -0.25) is 9.69 Å². The summed E-state index contributed by atoms with van der Waals surface area (Å²) in [7, 11) is 0. The van der Waals surface area contributed by atoms with Crippen LogP contribution in [0.4, 0.5) is 0 Å². The van der Waals surface area contributed by atoms with Crippen LogP contribution < -0.4 is 5.32 Å². The quantitative estimate of drug-likeness (QED) is 0.780. The van der Waals surface area contributed by atoms with Crippen LogP contribution in [0.2, 0.25) is 0 Å². The molecule has 3 aromatic rings. The summed E-state index contributed by atoms with van der Waals surface area (Å²) in [4.78, 5) is 19.8. The molecule has 128 valence electrons. The molecular weight excluding hydrogens is 336 g/mol. The molecule has 0 aliphatic carbocycles. The lowest BCUT2D eigenvalue weighted by molar-refractivity contribution is -0.121. The maximum absolute atomic E-state index is 12.0. The molecule has 1 atom stereocenters. The number of nitrogens with one attached hydrogen (secondary N) is 1. The molecule has 0 unspecified atom stereocenters. The third-order valence-corrected chi connectivity index (χ3v) is 5.14. The Labute approximate surface area is 149 Å².